The summed E-state index contributed by atoms with van der Waals surface area (Å²) in [4.78, 5) is 25.7. The average molecular weight is 437 g/mol. The van der Waals surface area contributed by atoms with Gasteiger partial charge in [-0.2, -0.15) is 0 Å². The molecule has 0 saturated carbocycles. The summed E-state index contributed by atoms with van der Waals surface area (Å²) >= 11 is 0. The number of ether oxygens (including phenoxy) is 1. The molecule has 0 aromatic heterocycles. The molecule has 2 aromatic carbocycles. The molecule has 0 radical (unpaired) electrons. The minimum Gasteiger partial charge on any atom is -0.462 e. The number of rotatable bonds is 8. The Hall–Kier alpha value is -2.66. The average Bonchev–Trinajstić information content (AvgIpc) is 2.77. The molecule has 5 nitrogen and oxygen atoms in total. The standard InChI is InChI=1S/C27H36N2O3/c1-26(2)18-13-19-27(3,4)29(26)28(24(30)22-14-7-5-8-15-22)20-11-12-21-32-25(31)23-16-9-6-10-17-23/h5-10,14-17H,11-13,18-21H2,1-4H3. The number of amides is 1. The monoisotopic (exact) mass is 436 g/mol. The summed E-state index contributed by atoms with van der Waals surface area (Å²) in [6, 6.07) is 18.5. The molecule has 0 atom stereocenters. The lowest BCUT2D eigenvalue weighted by Crippen LogP contribution is -2.66. The SMILES string of the molecule is CC1(C)CCCC(C)(C)N1N(CCCCOC(=O)c1ccccc1)C(=O)c1ccccc1. The Morgan fingerprint density at radius 2 is 1.38 bits per heavy atom. The van der Waals surface area contributed by atoms with Gasteiger partial charge in [-0.25, -0.2) is 9.80 Å². The van der Waals surface area contributed by atoms with E-state index in [4.69, 9.17) is 4.74 Å². The molecule has 1 aliphatic heterocycles. The molecule has 0 unspecified atom stereocenters. The maximum Gasteiger partial charge on any atom is 0.338 e. The van der Waals surface area contributed by atoms with Gasteiger partial charge < -0.3 is 4.74 Å². The van der Waals surface area contributed by atoms with Crippen molar-refractivity contribution in [2.24, 2.45) is 0 Å². The molecule has 0 bridgehead atoms. The van der Waals surface area contributed by atoms with E-state index in [-0.39, 0.29) is 23.0 Å². The van der Waals surface area contributed by atoms with E-state index in [1.807, 2.05) is 53.5 Å². The zero-order valence-electron chi connectivity index (χ0n) is 19.8. The predicted molar refractivity (Wildman–Crippen MR) is 127 cm³/mol. The number of benzene rings is 2. The van der Waals surface area contributed by atoms with Gasteiger partial charge in [0.05, 0.1) is 12.2 Å². The second kappa shape index (κ2) is 10.3. The molecule has 0 aliphatic carbocycles. The molecule has 0 N–H and O–H groups in total. The maximum atomic E-state index is 13.6. The van der Waals surface area contributed by atoms with Crippen molar-refractivity contribution in [1.82, 2.24) is 10.0 Å². The fourth-order valence-electron chi connectivity index (χ4n) is 4.85. The third-order valence-corrected chi connectivity index (χ3v) is 6.23. The first kappa shape index (κ1) is 24.0. The summed E-state index contributed by atoms with van der Waals surface area (Å²) in [5, 5.41) is 4.24. The van der Waals surface area contributed by atoms with Crippen molar-refractivity contribution in [2.45, 2.75) is 70.9 Å². The van der Waals surface area contributed by atoms with Crippen molar-refractivity contribution in [2.75, 3.05) is 13.2 Å². The molecule has 1 saturated heterocycles. The molecule has 1 aliphatic rings. The first-order valence-corrected chi connectivity index (χ1v) is 11.6. The van der Waals surface area contributed by atoms with Gasteiger partial charge in [0, 0.05) is 23.2 Å². The van der Waals surface area contributed by atoms with Gasteiger partial charge in [-0.15, -0.1) is 0 Å². The zero-order valence-corrected chi connectivity index (χ0v) is 19.8. The van der Waals surface area contributed by atoms with Crippen LogP contribution in [0.25, 0.3) is 0 Å². The van der Waals surface area contributed by atoms with Crippen molar-refractivity contribution >= 4 is 11.9 Å². The Bertz CT molecular complexity index is 878. The highest BCUT2D eigenvalue weighted by Crippen LogP contribution is 2.40. The molecule has 3 rings (SSSR count). The highest BCUT2D eigenvalue weighted by Gasteiger charge is 2.46. The van der Waals surface area contributed by atoms with E-state index in [1.165, 1.54) is 0 Å². The number of unbranched alkanes of at least 4 members (excludes halogenated alkanes) is 1. The van der Waals surface area contributed by atoms with E-state index in [0.717, 1.165) is 25.7 Å². The zero-order chi connectivity index (χ0) is 23.2. The van der Waals surface area contributed by atoms with E-state index < -0.39 is 0 Å². The van der Waals surface area contributed by atoms with Crippen molar-refractivity contribution < 1.29 is 14.3 Å². The number of esters is 1. The summed E-state index contributed by atoms with van der Waals surface area (Å²) in [6.07, 6.45) is 4.70. The molecule has 5 heteroatoms. The van der Waals surface area contributed by atoms with E-state index in [0.29, 0.717) is 30.7 Å². The Morgan fingerprint density at radius 1 is 0.844 bits per heavy atom. The van der Waals surface area contributed by atoms with Crippen LogP contribution in [-0.2, 0) is 4.74 Å². The van der Waals surface area contributed by atoms with Gasteiger partial charge in [0.1, 0.15) is 0 Å². The lowest BCUT2D eigenvalue weighted by Gasteiger charge is -2.57. The topological polar surface area (TPSA) is 49.9 Å². The summed E-state index contributed by atoms with van der Waals surface area (Å²) in [6.45, 7) is 9.82. The highest BCUT2D eigenvalue weighted by molar-refractivity contribution is 5.94. The van der Waals surface area contributed by atoms with Gasteiger partial charge in [-0.05, 0) is 84.1 Å². The van der Waals surface area contributed by atoms with Crippen molar-refractivity contribution in [1.29, 1.82) is 0 Å². The van der Waals surface area contributed by atoms with E-state index >= 15 is 0 Å². The van der Waals surface area contributed by atoms with Crippen molar-refractivity contribution in [3.63, 3.8) is 0 Å². The molecule has 1 heterocycles. The largest absolute Gasteiger partial charge is 0.462 e. The van der Waals surface area contributed by atoms with Crippen LogP contribution in [0.3, 0.4) is 0 Å². The Morgan fingerprint density at radius 3 is 1.94 bits per heavy atom. The van der Waals surface area contributed by atoms with Gasteiger partial charge >= 0.3 is 5.97 Å². The second-order valence-electron chi connectivity index (χ2n) is 9.79. The van der Waals surface area contributed by atoms with Crippen LogP contribution < -0.4 is 0 Å². The number of piperidine rings is 1. The van der Waals surface area contributed by atoms with Crippen LogP contribution in [0.5, 0.6) is 0 Å². The van der Waals surface area contributed by atoms with Crippen LogP contribution >= 0.6 is 0 Å². The molecule has 2 aromatic rings. The summed E-state index contributed by atoms with van der Waals surface area (Å²) in [5.74, 6) is -0.281. The third-order valence-electron chi connectivity index (χ3n) is 6.23. The summed E-state index contributed by atoms with van der Waals surface area (Å²) in [7, 11) is 0. The smallest absolute Gasteiger partial charge is 0.338 e. The van der Waals surface area contributed by atoms with Gasteiger partial charge in [-0.1, -0.05) is 36.4 Å². The Kier molecular flexibility index (Phi) is 7.73. The van der Waals surface area contributed by atoms with Crippen LogP contribution in [0.4, 0.5) is 0 Å². The lowest BCUT2D eigenvalue weighted by molar-refractivity contribution is -0.159. The van der Waals surface area contributed by atoms with Crippen LogP contribution in [0, 0.1) is 0 Å². The van der Waals surface area contributed by atoms with E-state index in [1.54, 1.807) is 12.1 Å². The van der Waals surface area contributed by atoms with Gasteiger partial charge in [0.2, 0.25) is 0 Å². The maximum absolute atomic E-state index is 13.6. The second-order valence-corrected chi connectivity index (χ2v) is 9.79. The predicted octanol–water partition coefficient (Wildman–Crippen LogP) is 5.72. The van der Waals surface area contributed by atoms with Crippen LogP contribution in [0.2, 0.25) is 0 Å². The Labute approximate surface area is 192 Å². The van der Waals surface area contributed by atoms with Crippen LogP contribution in [-0.4, -0.2) is 46.1 Å². The molecular formula is C27H36N2O3. The normalized spacial score (nSPS) is 17.5. The molecule has 1 amide bonds. The number of nitrogens with zero attached hydrogens (tertiary/aromatic N) is 2. The minimum atomic E-state index is -0.305. The number of hydrogen-bond donors (Lipinski definition) is 0. The number of hydrogen-bond acceptors (Lipinski definition) is 4. The van der Waals surface area contributed by atoms with Crippen LogP contribution in [0.1, 0.15) is 80.5 Å². The summed E-state index contributed by atoms with van der Waals surface area (Å²) in [5.41, 5.74) is 1.02. The quantitative estimate of drug-likeness (QED) is 0.392. The third kappa shape index (κ3) is 5.77. The molecule has 1 fully saturated rings. The molecule has 172 valence electrons. The number of carbonyl (C=O) groups is 2. The van der Waals surface area contributed by atoms with Gasteiger partial charge in [-0.3, -0.25) is 9.80 Å². The van der Waals surface area contributed by atoms with Crippen LogP contribution in [0.15, 0.2) is 60.7 Å². The van der Waals surface area contributed by atoms with Gasteiger partial charge in [0.25, 0.3) is 5.91 Å². The van der Waals surface area contributed by atoms with Crippen molar-refractivity contribution in [3.8, 4) is 0 Å². The first-order valence-electron chi connectivity index (χ1n) is 11.6. The number of hydrazine groups is 1. The molecule has 32 heavy (non-hydrogen) atoms. The minimum absolute atomic E-state index is 0.0231. The number of carbonyl (C=O) groups excluding carboxylic acids is 2. The highest BCUT2D eigenvalue weighted by atomic mass is 16.5. The molecular weight excluding hydrogens is 400 g/mol. The Balaban J connectivity index is 1.68. The fourth-order valence-corrected chi connectivity index (χ4v) is 4.85. The lowest BCUT2D eigenvalue weighted by atomic mass is 9.81. The molecule has 0 spiro atoms. The van der Waals surface area contributed by atoms with E-state index in [9.17, 15) is 9.59 Å². The van der Waals surface area contributed by atoms with Crippen molar-refractivity contribution in [3.05, 3.63) is 71.8 Å². The summed E-state index contributed by atoms with van der Waals surface area (Å²) < 4.78 is 5.43. The first-order chi connectivity index (χ1) is 15.2. The van der Waals surface area contributed by atoms with Gasteiger partial charge in [0.15, 0.2) is 0 Å². The van der Waals surface area contributed by atoms with E-state index in [2.05, 4.69) is 32.7 Å². The fraction of sp³-hybridized carbons (Fsp3) is 0.481.